The number of aryl methyl sites for hydroxylation is 1. The maximum atomic E-state index is 10.6. The second-order valence-electron chi connectivity index (χ2n) is 4.75. The Labute approximate surface area is 110 Å². The van der Waals surface area contributed by atoms with Gasteiger partial charge < -0.3 is 14.6 Å². The molecule has 0 aromatic heterocycles. The van der Waals surface area contributed by atoms with E-state index in [2.05, 4.69) is 0 Å². The van der Waals surface area contributed by atoms with E-state index in [4.69, 9.17) is 9.47 Å². The molecule has 0 fully saturated rings. The summed E-state index contributed by atoms with van der Waals surface area (Å²) in [7, 11) is 1.62. The molecule has 2 unspecified atom stereocenters. The zero-order valence-corrected chi connectivity index (χ0v) is 12.0. The quantitative estimate of drug-likeness (QED) is 0.844. The molecule has 18 heavy (non-hydrogen) atoms. The van der Waals surface area contributed by atoms with Crippen LogP contribution in [-0.4, -0.2) is 24.4 Å². The largest absolute Gasteiger partial charge is 0.496 e. The summed E-state index contributed by atoms with van der Waals surface area (Å²) in [5, 5.41) is 10.6. The third kappa shape index (κ3) is 3.03. The van der Waals surface area contributed by atoms with Gasteiger partial charge in [0.05, 0.1) is 12.7 Å². The predicted molar refractivity (Wildman–Crippen MR) is 73.0 cm³/mol. The van der Waals surface area contributed by atoms with Crippen LogP contribution in [0.15, 0.2) is 18.2 Å². The first-order valence-corrected chi connectivity index (χ1v) is 6.45. The molecule has 1 rings (SSSR count). The van der Waals surface area contributed by atoms with E-state index < -0.39 is 11.7 Å². The highest BCUT2D eigenvalue weighted by Crippen LogP contribution is 2.37. The van der Waals surface area contributed by atoms with Crippen LogP contribution >= 0.6 is 0 Å². The van der Waals surface area contributed by atoms with Crippen molar-refractivity contribution in [3.8, 4) is 5.75 Å². The Morgan fingerprint density at radius 1 is 1.33 bits per heavy atom. The third-order valence-corrected chi connectivity index (χ3v) is 3.43. The van der Waals surface area contributed by atoms with Crippen molar-refractivity contribution in [2.45, 2.75) is 45.8 Å². The highest BCUT2D eigenvalue weighted by molar-refractivity contribution is 5.39. The Morgan fingerprint density at radius 2 is 2.00 bits per heavy atom. The average molecular weight is 252 g/mol. The molecule has 102 valence electrons. The van der Waals surface area contributed by atoms with Crippen molar-refractivity contribution in [3.05, 3.63) is 29.3 Å². The molecule has 1 N–H and O–H groups in total. The summed E-state index contributed by atoms with van der Waals surface area (Å²) < 4.78 is 11.1. The van der Waals surface area contributed by atoms with Crippen LogP contribution in [0.2, 0.25) is 0 Å². The molecular formula is C15H24O3. The number of ether oxygens (including phenoxy) is 2. The van der Waals surface area contributed by atoms with Gasteiger partial charge in [0.1, 0.15) is 11.9 Å². The number of hydrogen-bond donors (Lipinski definition) is 1. The lowest BCUT2D eigenvalue weighted by atomic mass is 9.89. The van der Waals surface area contributed by atoms with Crippen LogP contribution in [0.5, 0.6) is 5.75 Å². The summed E-state index contributed by atoms with van der Waals surface area (Å²) in [6.45, 7) is 8.47. The van der Waals surface area contributed by atoms with Gasteiger partial charge in [0.2, 0.25) is 0 Å². The number of methoxy groups -OCH3 is 1. The van der Waals surface area contributed by atoms with Gasteiger partial charge in [-0.05, 0) is 39.3 Å². The van der Waals surface area contributed by atoms with E-state index in [1.54, 1.807) is 7.11 Å². The molecule has 0 aliphatic heterocycles. The highest BCUT2D eigenvalue weighted by atomic mass is 16.5. The minimum atomic E-state index is -0.697. The summed E-state index contributed by atoms with van der Waals surface area (Å²) in [5.41, 5.74) is 1.30. The Bertz CT molecular complexity index is 389. The molecule has 1 aromatic carbocycles. The van der Waals surface area contributed by atoms with Gasteiger partial charge in [-0.15, -0.1) is 0 Å². The van der Waals surface area contributed by atoms with Crippen molar-refractivity contribution >= 4 is 0 Å². The fourth-order valence-electron chi connectivity index (χ4n) is 2.10. The van der Waals surface area contributed by atoms with Gasteiger partial charge in [-0.3, -0.25) is 0 Å². The third-order valence-electron chi connectivity index (χ3n) is 3.43. The van der Waals surface area contributed by atoms with Crippen LogP contribution in [0.4, 0.5) is 0 Å². The van der Waals surface area contributed by atoms with E-state index in [0.717, 1.165) is 17.5 Å². The molecule has 0 radical (unpaired) electrons. The molecule has 0 amide bonds. The summed E-state index contributed by atoms with van der Waals surface area (Å²) >= 11 is 0. The van der Waals surface area contributed by atoms with Crippen molar-refractivity contribution in [1.82, 2.24) is 0 Å². The molecule has 0 heterocycles. The van der Waals surface area contributed by atoms with E-state index in [9.17, 15) is 5.11 Å². The van der Waals surface area contributed by atoms with Crippen molar-refractivity contribution in [2.24, 2.45) is 0 Å². The van der Waals surface area contributed by atoms with Crippen LogP contribution in [0.1, 0.15) is 44.4 Å². The molecule has 0 aliphatic rings. The maximum absolute atomic E-state index is 10.6. The molecular weight excluding hydrogens is 228 g/mol. The average Bonchev–Trinajstić information content (AvgIpc) is 2.38. The zero-order chi connectivity index (χ0) is 13.8. The number of benzene rings is 1. The fourth-order valence-corrected chi connectivity index (χ4v) is 2.10. The van der Waals surface area contributed by atoms with Gasteiger partial charge in [0, 0.05) is 12.2 Å². The lowest BCUT2D eigenvalue weighted by Crippen LogP contribution is -2.36. The molecule has 0 spiro atoms. The lowest BCUT2D eigenvalue weighted by Gasteiger charge is -2.34. The Balaban J connectivity index is 3.15. The van der Waals surface area contributed by atoms with Crippen LogP contribution in [-0.2, 0) is 4.74 Å². The smallest absolute Gasteiger partial charge is 0.124 e. The zero-order valence-electron chi connectivity index (χ0n) is 12.0. The maximum Gasteiger partial charge on any atom is 0.124 e. The van der Waals surface area contributed by atoms with E-state index in [0.29, 0.717) is 12.4 Å². The van der Waals surface area contributed by atoms with Gasteiger partial charge >= 0.3 is 0 Å². The fraction of sp³-hybridized carbons (Fsp3) is 0.600. The van der Waals surface area contributed by atoms with E-state index in [1.165, 1.54) is 0 Å². The van der Waals surface area contributed by atoms with E-state index >= 15 is 0 Å². The monoisotopic (exact) mass is 252 g/mol. The number of rotatable bonds is 6. The normalized spacial score (nSPS) is 16.1. The Kier molecular flexibility index (Phi) is 5.17. The van der Waals surface area contributed by atoms with E-state index in [-0.39, 0.29) is 0 Å². The van der Waals surface area contributed by atoms with Crippen LogP contribution in [0.3, 0.4) is 0 Å². The van der Waals surface area contributed by atoms with Gasteiger partial charge in [0.25, 0.3) is 0 Å². The second-order valence-corrected chi connectivity index (χ2v) is 4.75. The molecule has 0 bridgehead atoms. The van der Waals surface area contributed by atoms with Gasteiger partial charge in [0.15, 0.2) is 0 Å². The van der Waals surface area contributed by atoms with Gasteiger partial charge in [-0.1, -0.05) is 18.6 Å². The predicted octanol–water partition coefficient (Wildman–Crippen LogP) is 3.24. The van der Waals surface area contributed by atoms with Crippen molar-refractivity contribution < 1.29 is 14.6 Å². The van der Waals surface area contributed by atoms with Crippen LogP contribution in [0.25, 0.3) is 0 Å². The number of hydrogen-bond acceptors (Lipinski definition) is 3. The first kappa shape index (κ1) is 15.0. The summed E-state index contributed by atoms with van der Waals surface area (Å²) in [6, 6.07) is 5.81. The summed E-state index contributed by atoms with van der Waals surface area (Å²) in [6.07, 6.45) is 0.0383. The van der Waals surface area contributed by atoms with Gasteiger partial charge in [-0.25, -0.2) is 0 Å². The Hall–Kier alpha value is -1.06. The minimum Gasteiger partial charge on any atom is -0.496 e. The molecule has 1 aromatic rings. The minimum absolute atomic E-state index is 0.579. The first-order chi connectivity index (χ1) is 8.48. The summed E-state index contributed by atoms with van der Waals surface area (Å²) in [5.74, 6) is 0.701. The SMILES string of the molecule is CCOC(C)(CC)C(O)c1cc(C)ccc1OC. The topological polar surface area (TPSA) is 38.7 Å². The first-order valence-electron chi connectivity index (χ1n) is 6.45. The number of aliphatic hydroxyl groups excluding tert-OH is 1. The molecule has 0 saturated heterocycles. The van der Waals surface area contributed by atoms with Crippen molar-refractivity contribution in [2.75, 3.05) is 13.7 Å². The molecule has 3 nitrogen and oxygen atoms in total. The lowest BCUT2D eigenvalue weighted by molar-refractivity contribution is -0.113. The number of aliphatic hydroxyl groups is 1. The Morgan fingerprint density at radius 3 is 2.50 bits per heavy atom. The van der Waals surface area contributed by atoms with E-state index in [1.807, 2.05) is 45.9 Å². The highest BCUT2D eigenvalue weighted by Gasteiger charge is 2.34. The molecule has 2 atom stereocenters. The molecule has 0 saturated carbocycles. The second kappa shape index (κ2) is 6.21. The molecule has 3 heteroatoms. The van der Waals surface area contributed by atoms with Crippen molar-refractivity contribution in [1.29, 1.82) is 0 Å². The van der Waals surface area contributed by atoms with Crippen LogP contribution in [0, 0.1) is 6.92 Å². The summed E-state index contributed by atoms with van der Waals surface area (Å²) in [4.78, 5) is 0. The van der Waals surface area contributed by atoms with Crippen molar-refractivity contribution in [3.63, 3.8) is 0 Å². The van der Waals surface area contributed by atoms with Crippen LogP contribution < -0.4 is 4.74 Å². The van der Waals surface area contributed by atoms with Gasteiger partial charge in [-0.2, -0.15) is 0 Å². The molecule has 0 aliphatic carbocycles. The standard InChI is InChI=1S/C15H24O3/c1-6-15(4,18-7-2)14(16)12-10-11(3)8-9-13(12)17-5/h8-10,14,16H,6-7H2,1-5H3.